The first-order valence-electron chi connectivity index (χ1n) is 18.2. The number of amides is 3. The Balaban J connectivity index is 1.07. The zero-order valence-corrected chi connectivity index (χ0v) is 32.1. The number of piperazine rings is 1. The minimum Gasteiger partial charge on any atom is -0.444 e. The number of nitrogens with zero attached hydrogens (tertiary/aromatic N) is 4. The molecule has 53 heavy (non-hydrogen) atoms. The third-order valence-corrected chi connectivity index (χ3v) is 11.9. The summed E-state index contributed by atoms with van der Waals surface area (Å²) < 4.78 is 65.3. The standard InChI is InChI=1S/C36H50ClF2N7O6S/c1-35(2,3)52-34(49)42-17-15-40-14-16-41-33(48)25-6-8-26(9-7-25)36(38,39)27-23-30(37)43-31(24-27)44-19-21-45(22-20-44)53(50,51)29-12-10-28(11-13-29)46-18-4-5-32(46)47/h10-13,23-26,40H,4-9,14-22H2,1-3H3,(H,41,48)(H,42,49)/t25-,26-. The lowest BCUT2D eigenvalue weighted by Gasteiger charge is -2.36. The van der Waals surface area contributed by atoms with Crippen LogP contribution < -0.4 is 25.8 Å². The van der Waals surface area contributed by atoms with Crippen LogP contribution in [0.15, 0.2) is 41.3 Å². The first-order valence-corrected chi connectivity index (χ1v) is 20.0. The SMILES string of the molecule is CC(C)(C)OC(=O)NCCNCCNC(=O)[C@H]1CC[C@H](C(F)(F)c2cc(Cl)nc(N3CCN(S(=O)(=O)c4ccc(N5CCCC5=O)cc4)CC3)c2)CC1. The number of carbonyl (C=O) groups excluding carboxylic acids is 3. The number of alkyl carbamates (subject to hydrolysis) is 1. The van der Waals surface area contributed by atoms with Crippen LogP contribution >= 0.6 is 11.6 Å². The van der Waals surface area contributed by atoms with Gasteiger partial charge in [-0.05, 0) is 89.3 Å². The lowest BCUT2D eigenvalue weighted by atomic mass is 9.77. The number of aromatic nitrogens is 1. The van der Waals surface area contributed by atoms with Gasteiger partial charge in [-0.3, -0.25) is 9.59 Å². The van der Waals surface area contributed by atoms with Crippen molar-refractivity contribution in [1.82, 2.24) is 25.2 Å². The second-order valence-electron chi connectivity index (χ2n) is 14.7. The molecule has 17 heteroatoms. The fourth-order valence-corrected chi connectivity index (χ4v) is 8.55. The quantitative estimate of drug-likeness (QED) is 0.197. The van der Waals surface area contributed by atoms with Gasteiger partial charge in [-0.2, -0.15) is 4.31 Å². The highest BCUT2D eigenvalue weighted by Gasteiger charge is 2.44. The Hall–Kier alpha value is -3.60. The van der Waals surface area contributed by atoms with E-state index in [-0.39, 0.29) is 78.2 Å². The van der Waals surface area contributed by atoms with Gasteiger partial charge in [0, 0.05) is 88.4 Å². The average Bonchev–Trinajstić information content (AvgIpc) is 3.55. The Morgan fingerprint density at radius 2 is 1.57 bits per heavy atom. The van der Waals surface area contributed by atoms with Gasteiger partial charge < -0.3 is 30.5 Å². The Labute approximate surface area is 315 Å². The molecule has 3 amide bonds. The van der Waals surface area contributed by atoms with Gasteiger partial charge >= 0.3 is 6.09 Å². The Morgan fingerprint density at radius 3 is 2.17 bits per heavy atom. The van der Waals surface area contributed by atoms with Crippen molar-refractivity contribution < 1.29 is 36.3 Å². The van der Waals surface area contributed by atoms with Crippen LogP contribution in [-0.4, -0.2) is 100 Å². The van der Waals surface area contributed by atoms with E-state index < -0.39 is 33.6 Å². The number of pyridine rings is 1. The minimum atomic E-state index is -3.82. The molecule has 5 rings (SSSR count). The summed E-state index contributed by atoms with van der Waals surface area (Å²) in [6.07, 6.45) is 1.75. The highest BCUT2D eigenvalue weighted by atomic mass is 35.5. The van der Waals surface area contributed by atoms with Gasteiger partial charge in [0.25, 0.3) is 5.92 Å². The van der Waals surface area contributed by atoms with E-state index in [2.05, 4.69) is 20.9 Å². The fraction of sp³-hybridized carbons (Fsp3) is 0.611. The predicted octanol–water partition coefficient (Wildman–Crippen LogP) is 4.50. The smallest absolute Gasteiger partial charge is 0.407 e. The van der Waals surface area contributed by atoms with Crippen molar-refractivity contribution in [3.8, 4) is 0 Å². The topological polar surface area (TPSA) is 153 Å². The predicted molar refractivity (Wildman–Crippen MR) is 198 cm³/mol. The van der Waals surface area contributed by atoms with Crippen molar-refractivity contribution in [3.63, 3.8) is 0 Å². The molecule has 1 aromatic heterocycles. The van der Waals surface area contributed by atoms with Crippen molar-refractivity contribution in [2.75, 3.05) is 68.7 Å². The first kappa shape index (κ1) is 40.6. The highest BCUT2D eigenvalue weighted by Crippen LogP contribution is 2.46. The zero-order chi connectivity index (χ0) is 38.4. The number of hydrogen-bond donors (Lipinski definition) is 3. The molecule has 3 N–H and O–H groups in total. The van der Waals surface area contributed by atoms with E-state index in [1.54, 1.807) is 42.7 Å². The summed E-state index contributed by atoms with van der Waals surface area (Å²) in [6.45, 7) is 8.40. The first-order chi connectivity index (χ1) is 25.0. The molecular weight excluding hydrogens is 732 g/mol. The van der Waals surface area contributed by atoms with Crippen molar-refractivity contribution in [3.05, 3.63) is 47.1 Å². The van der Waals surface area contributed by atoms with Crippen LogP contribution in [0.1, 0.15) is 64.9 Å². The Bertz CT molecular complexity index is 1710. The number of anilines is 2. The number of nitrogens with one attached hydrogen (secondary N) is 3. The molecule has 1 saturated carbocycles. The van der Waals surface area contributed by atoms with E-state index in [1.807, 2.05) is 0 Å². The van der Waals surface area contributed by atoms with Gasteiger partial charge in [-0.25, -0.2) is 27.0 Å². The van der Waals surface area contributed by atoms with Crippen LogP contribution in [-0.2, 0) is 30.3 Å². The molecule has 2 aromatic rings. The molecule has 0 spiro atoms. The molecule has 0 bridgehead atoms. The van der Waals surface area contributed by atoms with Crippen LogP contribution in [0.2, 0.25) is 5.15 Å². The molecule has 3 aliphatic rings. The van der Waals surface area contributed by atoms with Gasteiger partial charge in [0.05, 0.1) is 4.90 Å². The third-order valence-electron chi connectivity index (χ3n) is 9.77. The second-order valence-corrected chi connectivity index (χ2v) is 17.0. The van der Waals surface area contributed by atoms with Crippen molar-refractivity contribution >= 4 is 51.0 Å². The van der Waals surface area contributed by atoms with Gasteiger partial charge in [-0.1, -0.05) is 11.6 Å². The van der Waals surface area contributed by atoms with Gasteiger partial charge in [0.15, 0.2) is 0 Å². The van der Waals surface area contributed by atoms with Crippen molar-refractivity contribution in [2.24, 2.45) is 11.8 Å². The van der Waals surface area contributed by atoms with Gasteiger partial charge in [-0.15, -0.1) is 0 Å². The maximum Gasteiger partial charge on any atom is 0.407 e. The number of ether oxygens (including phenoxy) is 1. The maximum atomic E-state index is 16.0. The molecule has 1 aromatic carbocycles. The number of sulfonamides is 1. The molecule has 3 fully saturated rings. The second kappa shape index (κ2) is 17.2. The minimum absolute atomic E-state index is 0.0186. The molecule has 292 valence electrons. The summed E-state index contributed by atoms with van der Waals surface area (Å²) in [5, 5.41) is 8.56. The molecule has 13 nitrogen and oxygen atoms in total. The van der Waals surface area contributed by atoms with Gasteiger partial charge in [0.2, 0.25) is 21.8 Å². The summed E-state index contributed by atoms with van der Waals surface area (Å²) in [5.41, 5.74) is -0.160. The van der Waals surface area contributed by atoms with Crippen LogP contribution in [0.25, 0.3) is 0 Å². The molecule has 2 aliphatic heterocycles. The van der Waals surface area contributed by atoms with Crippen molar-refractivity contribution in [2.45, 2.75) is 75.7 Å². The van der Waals surface area contributed by atoms with Crippen LogP contribution in [0.5, 0.6) is 0 Å². The summed E-state index contributed by atoms with van der Waals surface area (Å²) in [4.78, 5) is 44.3. The van der Waals surface area contributed by atoms with Crippen LogP contribution in [0, 0.1) is 11.8 Å². The Kier molecular flexibility index (Phi) is 13.2. The fourth-order valence-electron chi connectivity index (χ4n) is 6.93. The Morgan fingerprint density at radius 1 is 0.925 bits per heavy atom. The lowest BCUT2D eigenvalue weighted by molar-refractivity contribution is -0.129. The van der Waals surface area contributed by atoms with Gasteiger partial charge in [0.1, 0.15) is 16.6 Å². The highest BCUT2D eigenvalue weighted by molar-refractivity contribution is 7.89. The molecule has 0 atom stereocenters. The van der Waals surface area contributed by atoms with E-state index in [4.69, 9.17) is 16.3 Å². The van der Waals surface area contributed by atoms with E-state index in [9.17, 15) is 22.8 Å². The molecule has 2 saturated heterocycles. The number of carbonyl (C=O) groups is 3. The molecule has 0 radical (unpaired) electrons. The maximum absolute atomic E-state index is 16.0. The van der Waals surface area contributed by atoms with E-state index in [0.29, 0.717) is 57.7 Å². The van der Waals surface area contributed by atoms with Crippen LogP contribution in [0.3, 0.4) is 0 Å². The summed E-state index contributed by atoms with van der Waals surface area (Å²) >= 11 is 6.27. The third kappa shape index (κ3) is 10.5. The normalized spacial score (nSPS) is 20.4. The average molecular weight is 782 g/mol. The number of halogens is 3. The van der Waals surface area contributed by atoms with E-state index >= 15 is 8.78 Å². The number of hydrogen-bond acceptors (Lipinski definition) is 9. The molecular formula is C36H50ClF2N7O6S. The van der Waals surface area contributed by atoms with Crippen LogP contribution in [0.4, 0.5) is 25.1 Å². The number of benzene rings is 1. The molecule has 3 heterocycles. The number of alkyl halides is 2. The summed E-state index contributed by atoms with van der Waals surface area (Å²) in [6, 6.07) is 8.81. The lowest BCUT2D eigenvalue weighted by Crippen LogP contribution is -2.49. The zero-order valence-electron chi connectivity index (χ0n) is 30.5. The molecule has 1 aliphatic carbocycles. The van der Waals surface area contributed by atoms with Crippen molar-refractivity contribution in [1.29, 1.82) is 0 Å². The summed E-state index contributed by atoms with van der Waals surface area (Å²) in [5.74, 6) is -4.43. The monoisotopic (exact) mass is 781 g/mol. The van der Waals surface area contributed by atoms with E-state index in [1.165, 1.54) is 28.6 Å². The number of rotatable bonds is 13. The molecule has 0 unspecified atom stereocenters. The summed E-state index contributed by atoms with van der Waals surface area (Å²) in [7, 11) is -3.82. The largest absolute Gasteiger partial charge is 0.444 e. The van der Waals surface area contributed by atoms with E-state index in [0.717, 1.165) is 6.42 Å².